The van der Waals surface area contributed by atoms with Gasteiger partial charge in [0.05, 0.1) is 24.9 Å². The van der Waals surface area contributed by atoms with Crippen molar-refractivity contribution in [1.29, 1.82) is 0 Å². The molecule has 2 heterocycles. The molecule has 2 aromatic rings. The van der Waals surface area contributed by atoms with E-state index in [4.69, 9.17) is 10.2 Å². The SMILES string of the molecule is O=C(O)NCc1cnc(-n2cc(C#CCCO)cn2)s1. The molecule has 0 radical (unpaired) electrons. The number of rotatable bonds is 4. The highest BCUT2D eigenvalue weighted by Gasteiger charge is 2.06. The highest BCUT2D eigenvalue weighted by atomic mass is 32.1. The van der Waals surface area contributed by atoms with Gasteiger partial charge in [-0.2, -0.15) is 5.10 Å². The maximum absolute atomic E-state index is 10.4. The molecule has 0 aliphatic rings. The van der Waals surface area contributed by atoms with Gasteiger partial charge in [-0.05, 0) is 0 Å². The Morgan fingerprint density at radius 1 is 1.50 bits per heavy atom. The van der Waals surface area contributed by atoms with Crippen LogP contribution in [0.1, 0.15) is 16.9 Å². The van der Waals surface area contributed by atoms with Crippen LogP contribution in [0.3, 0.4) is 0 Å². The van der Waals surface area contributed by atoms with Gasteiger partial charge in [0.25, 0.3) is 0 Å². The molecule has 0 saturated carbocycles. The molecule has 0 spiro atoms. The molecule has 2 rings (SSSR count). The summed E-state index contributed by atoms with van der Waals surface area (Å²) in [7, 11) is 0. The summed E-state index contributed by atoms with van der Waals surface area (Å²) in [6.45, 7) is 0.255. The molecule has 0 bridgehead atoms. The van der Waals surface area contributed by atoms with E-state index in [1.54, 1.807) is 23.3 Å². The summed E-state index contributed by atoms with van der Waals surface area (Å²) in [6.07, 6.45) is 4.31. The van der Waals surface area contributed by atoms with Crippen LogP contribution in [0.15, 0.2) is 18.6 Å². The number of aliphatic hydroxyl groups is 1. The van der Waals surface area contributed by atoms with Gasteiger partial charge >= 0.3 is 6.09 Å². The van der Waals surface area contributed by atoms with Crippen LogP contribution >= 0.6 is 11.3 Å². The first-order chi connectivity index (χ1) is 9.69. The van der Waals surface area contributed by atoms with Crippen molar-refractivity contribution in [2.24, 2.45) is 0 Å². The zero-order valence-electron chi connectivity index (χ0n) is 10.4. The normalized spacial score (nSPS) is 9.85. The summed E-state index contributed by atoms with van der Waals surface area (Å²) in [6, 6.07) is 0. The number of carbonyl (C=O) groups is 1. The van der Waals surface area contributed by atoms with Crippen molar-refractivity contribution in [2.45, 2.75) is 13.0 Å². The van der Waals surface area contributed by atoms with E-state index in [-0.39, 0.29) is 13.2 Å². The number of thiazole rings is 1. The van der Waals surface area contributed by atoms with Crippen LogP contribution < -0.4 is 5.32 Å². The minimum absolute atomic E-state index is 0.0353. The molecule has 104 valence electrons. The molecular weight excluding hydrogens is 280 g/mol. The predicted octanol–water partition coefficient (Wildman–Crippen LogP) is 0.830. The summed E-state index contributed by atoms with van der Waals surface area (Å²) in [5, 5.41) is 24.2. The van der Waals surface area contributed by atoms with Crippen LogP contribution in [0.4, 0.5) is 4.79 Å². The van der Waals surface area contributed by atoms with Crippen molar-refractivity contribution in [3.8, 4) is 17.0 Å². The Bertz CT molecular complexity index is 653. The van der Waals surface area contributed by atoms with Gasteiger partial charge < -0.3 is 15.5 Å². The van der Waals surface area contributed by atoms with Crippen molar-refractivity contribution in [3.63, 3.8) is 0 Å². The van der Waals surface area contributed by atoms with E-state index in [9.17, 15) is 4.79 Å². The second kappa shape index (κ2) is 6.70. The van der Waals surface area contributed by atoms with Crippen LogP contribution in [-0.4, -0.2) is 37.7 Å². The maximum Gasteiger partial charge on any atom is 0.404 e. The summed E-state index contributed by atoms with van der Waals surface area (Å²) >= 11 is 1.34. The standard InChI is InChI=1S/C12H12N4O3S/c17-4-2-1-3-9-5-15-16(8-9)11-13-6-10(20-11)7-14-12(18)19/h5-6,8,14,17H,2,4,7H2,(H,18,19). The molecule has 0 atom stereocenters. The summed E-state index contributed by atoms with van der Waals surface area (Å²) < 4.78 is 1.58. The number of hydrogen-bond donors (Lipinski definition) is 3. The molecule has 0 saturated heterocycles. The first-order valence-electron chi connectivity index (χ1n) is 5.75. The average molecular weight is 292 g/mol. The van der Waals surface area contributed by atoms with E-state index in [0.717, 1.165) is 10.4 Å². The molecule has 1 amide bonds. The summed E-state index contributed by atoms with van der Waals surface area (Å²) in [4.78, 5) is 15.4. The zero-order valence-corrected chi connectivity index (χ0v) is 11.2. The van der Waals surface area contributed by atoms with E-state index in [0.29, 0.717) is 11.6 Å². The molecule has 0 fully saturated rings. The number of nitrogens with zero attached hydrogens (tertiary/aromatic N) is 3. The number of aliphatic hydroxyl groups excluding tert-OH is 1. The number of carboxylic acid groups (broad SMARTS) is 1. The lowest BCUT2D eigenvalue weighted by molar-refractivity contribution is 0.194. The van der Waals surface area contributed by atoms with Gasteiger partial charge in [0.1, 0.15) is 0 Å². The van der Waals surface area contributed by atoms with E-state index in [2.05, 4.69) is 27.2 Å². The smallest absolute Gasteiger partial charge is 0.404 e. The minimum Gasteiger partial charge on any atom is -0.465 e. The Morgan fingerprint density at radius 3 is 3.10 bits per heavy atom. The fourth-order valence-corrected chi connectivity index (χ4v) is 2.14. The van der Waals surface area contributed by atoms with Crippen molar-refractivity contribution in [2.75, 3.05) is 6.61 Å². The van der Waals surface area contributed by atoms with Gasteiger partial charge in [-0.25, -0.2) is 14.5 Å². The third-order valence-corrected chi connectivity index (χ3v) is 3.19. The van der Waals surface area contributed by atoms with Crippen molar-refractivity contribution in [3.05, 3.63) is 29.0 Å². The fourth-order valence-electron chi connectivity index (χ4n) is 1.36. The number of nitrogens with one attached hydrogen (secondary N) is 1. The summed E-state index contributed by atoms with van der Waals surface area (Å²) in [5.41, 5.74) is 0.735. The van der Waals surface area contributed by atoms with E-state index in [1.807, 2.05) is 0 Å². The Balaban J connectivity index is 2.05. The first kappa shape index (κ1) is 14.0. The van der Waals surface area contributed by atoms with Gasteiger partial charge in [0.2, 0.25) is 5.13 Å². The Morgan fingerprint density at radius 2 is 2.35 bits per heavy atom. The lowest BCUT2D eigenvalue weighted by atomic mass is 10.3. The van der Waals surface area contributed by atoms with Crippen LogP contribution in [0.5, 0.6) is 0 Å². The number of hydrogen-bond acceptors (Lipinski definition) is 5. The minimum atomic E-state index is -1.07. The predicted molar refractivity (Wildman–Crippen MR) is 72.7 cm³/mol. The molecule has 0 unspecified atom stereocenters. The average Bonchev–Trinajstić information content (AvgIpc) is 3.05. The number of aromatic nitrogens is 3. The lowest BCUT2D eigenvalue weighted by Crippen LogP contribution is -2.19. The van der Waals surface area contributed by atoms with Crippen LogP contribution in [0.25, 0.3) is 5.13 Å². The molecule has 20 heavy (non-hydrogen) atoms. The Labute approximate surface area is 118 Å². The third kappa shape index (κ3) is 3.81. The molecule has 0 aliphatic heterocycles. The topological polar surface area (TPSA) is 100 Å². The third-order valence-electron chi connectivity index (χ3n) is 2.20. The largest absolute Gasteiger partial charge is 0.465 e. The van der Waals surface area contributed by atoms with Gasteiger partial charge in [0, 0.05) is 23.7 Å². The molecule has 0 aromatic carbocycles. The summed E-state index contributed by atoms with van der Waals surface area (Å²) in [5.74, 6) is 5.68. The second-order valence-electron chi connectivity index (χ2n) is 3.72. The molecule has 3 N–H and O–H groups in total. The Hall–Kier alpha value is -2.37. The zero-order chi connectivity index (χ0) is 14.4. The van der Waals surface area contributed by atoms with Gasteiger partial charge in [-0.15, -0.1) is 0 Å². The molecule has 7 nitrogen and oxygen atoms in total. The van der Waals surface area contributed by atoms with Gasteiger partial charge in [-0.1, -0.05) is 23.2 Å². The quantitative estimate of drug-likeness (QED) is 0.725. The van der Waals surface area contributed by atoms with E-state index in [1.165, 1.54) is 11.3 Å². The molecular formula is C12H12N4O3S. The molecule has 0 aliphatic carbocycles. The molecule has 2 aromatic heterocycles. The van der Waals surface area contributed by atoms with Crippen molar-refractivity contribution >= 4 is 17.4 Å². The van der Waals surface area contributed by atoms with Crippen molar-refractivity contribution < 1.29 is 15.0 Å². The Kier molecular flexibility index (Phi) is 4.70. The van der Waals surface area contributed by atoms with E-state index >= 15 is 0 Å². The molecule has 8 heteroatoms. The van der Waals surface area contributed by atoms with Gasteiger partial charge in [-0.3, -0.25) is 0 Å². The van der Waals surface area contributed by atoms with Crippen LogP contribution in [0, 0.1) is 11.8 Å². The van der Waals surface area contributed by atoms with Gasteiger partial charge in [0.15, 0.2) is 0 Å². The highest BCUT2D eigenvalue weighted by Crippen LogP contribution is 2.16. The van der Waals surface area contributed by atoms with E-state index < -0.39 is 6.09 Å². The monoisotopic (exact) mass is 292 g/mol. The van der Waals surface area contributed by atoms with Crippen molar-refractivity contribution in [1.82, 2.24) is 20.1 Å². The lowest BCUT2D eigenvalue weighted by Gasteiger charge is -1.95. The first-order valence-corrected chi connectivity index (χ1v) is 6.57. The highest BCUT2D eigenvalue weighted by molar-refractivity contribution is 7.14. The number of amides is 1. The van der Waals surface area contributed by atoms with Crippen LogP contribution in [-0.2, 0) is 6.54 Å². The maximum atomic E-state index is 10.4. The van der Waals surface area contributed by atoms with Crippen LogP contribution in [0.2, 0.25) is 0 Å². The fraction of sp³-hybridized carbons (Fsp3) is 0.250. The second-order valence-corrected chi connectivity index (χ2v) is 4.81.